The Kier molecular flexibility index (Phi) is 3.74. The summed E-state index contributed by atoms with van der Waals surface area (Å²) in [6, 6.07) is 5.57. The predicted molar refractivity (Wildman–Crippen MR) is 82.0 cm³/mol. The molecule has 0 aliphatic heterocycles. The minimum atomic E-state index is -0.878. The molecule has 0 unspecified atom stereocenters. The quantitative estimate of drug-likeness (QED) is 0.595. The first-order valence-corrected chi connectivity index (χ1v) is 7.57. The fourth-order valence-electron chi connectivity index (χ4n) is 2.16. The van der Waals surface area contributed by atoms with Crippen LogP contribution < -0.4 is 5.56 Å². The molecule has 0 saturated carbocycles. The second-order valence-corrected chi connectivity index (χ2v) is 5.95. The molecule has 1 aromatic carbocycles. The molecule has 0 atom stereocenters. The van der Waals surface area contributed by atoms with E-state index in [-0.39, 0.29) is 5.56 Å². The fourth-order valence-corrected chi connectivity index (χ4v) is 3.08. The molecule has 2 aromatic heterocycles. The van der Waals surface area contributed by atoms with E-state index in [0.29, 0.717) is 27.5 Å². The molecule has 114 valence electrons. The number of benzene rings is 1. The second-order valence-electron chi connectivity index (χ2n) is 5.01. The average molecular weight is 321 g/mol. The minimum absolute atomic E-state index is 0.161. The molecule has 7 heteroatoms. The van der Waals surface area contributed by atoms with Crippen LogP contribution in [0.25, 0.3) is 11.0 Å². The van der Waals surface area contributed by atoms with Crippen molar-refractivity contribution in [3.8, 4) is 0 Å². The molecule has 2 heterocycles. The van der Waals surface area contributed by atoms with Gasteiger partial charge in [0.05, 0.1) is 5.52 Å². The summed E-state index contributed by atoms with van der Waals surface area (Å²) in [5.41, 5.74) is 2.40. The standard InChI is InChI=1S/C15H13F2N3OS/c1-8-5-12-13(18-8)14(21)20(2)15(19-12)22-7-9-3-4-10(16)11(17)6-9/h3-6,18H,7H2,1-2H3. The van der Waals surface area contributed by atoms with Crippen molar-refractivity contribution in [1.29, 1.82) is 0 Å². The van der Waals surface area contributed by atoms with Gasteiger partial charge >= 0.3 is 0 Å². The van der Waals surface area contributed by atoms with E-state index >= 15 is 0 Å². The van der Waals surface area contributed by atoms with Crippen molar-refractivity contribution in [2.24, 2.45) is 7.05 Å². The first-order valence-electron chi connectivity index (χ1n) is 6.59. The van der Waals surface area contributed by atoms with Crippen LogP contribution in [0.3, 0.4) is 0 Å². The molecule has 0 spiro atoms. The van der Waals surface area contributed by atoms with Crippen LogP contribution in [0.5, 0.6) is 0 Å². The highest BCUT2D eigenvalue weighted by molar-refractivity contribution is 7.98. The summed E-state index contributed by atoms with van der Waals surface area (Å²) < 4.78 is 27.6. The Labute approximate surface area is 129 Å². The zero-order chi connectivity index (χ0) is 15.9. The number of hydrogen-bond donors (Lipinski definition) is 1. The molecule has 1 N–H and O–H groups in total. The van der Waals surface area contributed by atoms with Crippen LogP contribution in [0.4, 0.5) is 8.78 Å². The summed E-state index contributed by atoms with van der Waals surface area (Å²) in [5.74, 6) is -1.35. The maximum Gasteiger partial charge on any atom is 0.278 e. The van der Waals surface area contributed by atoms with Crippen molar-refractivity contribution in [2.75, 3.05) is 0 Å². The van der Waals surface area contributed by atoms with E-state index in [1.807, 2.05) is 6.92 Å². The maximum absolute atomic E-state index is 13.2. The number of aryl methyl sites for hydroxylation is 1. The van der Waals surface area contributed by atoms with Crippen LogP contribution >= 0.6 is 11.8 Å². The lowest BCUT2D eigenvalue weighted by atomic mass is 10.2. The minimum Gasteiger partial charge on any atom is -0.353 e. The lowest BCUT2D eigenvalue weighted by molar-refractivity contribution is 0.507. The van der Waals surface area contributed by atoms with Crippen LogP contribution in [0.2, 0.25) is 0 Å². The number of H-pyrrole nitrogens is 1. The molecule has 3 rings (SSSR count). The summed E-state index contributed by atoms with van der Waals surface area (Å²) in [7, 11) is 1.64. The van der Waals surface area contributed by atoms with Crippen molar-refractivity contribution in [3.63, 3.8) is 0 Å². The van der Waals surface area contributed by atoms with Gasteiger partial charge in [0.1, 0.15) is 5.52 Å². The van der Waals surface area contributed by atoms with Crippen LogP contribution in [0.15, 0.2) is 34.2 Å². The summed E-state index contributed by atoms with van der Waals surface area (Å²) in [6.45, 7) is 1.86. The largest absolute Gasteiger partial charge is 0.353 e. The van der Waals surface area contributed by atoms with Crippen LogP contribution in [0, 0.1) is 18.6 Å². The zero-order valence-electron chi connectivity index (χ0n) is 12.0. The number of fused-ring (bicyclic) bond motifs is 1. The molecular weight excluding hydrogens is 308 g/mol. The third-order valence-corrected chi connectivity index (χ3v) is 4.41. The van der Waals surface area contributed by atoms with Crippen molar-refractivity contribution < 1.29 is 8.78 Å². The molecule has 0 fully saturated rings. The van der Waals surface area contributed by atoms with Crippen LogP contribution in [-0.2, 0) is 12.8 Å². The zero-order valence-corrected chi connectivity index (χ0v) is 12.8. The summed E-state index contributed by atoms with van der Waals surface area (Å²) >= 11 is 1.30. The number of aromatic amines is 1. The molecule has 0 bridgehead atoms. The fraction of sp³-hybridized carbons (Fsp3) is 0.200. The van der Waals surface area contributed by atoms with Gasteiger partial charge in [0.25, 0.3) is 5.56 Å². The van der Waals surface area contributed by atoms with E-state index in [1.165, 1.54) is 22.4 Å². The summed E-state index contributed by atoms with van der Waals surface area (Å²) in [4.78, 5) is 19.7. The summed E-state index contributed by atoms with van der Waals surface area (Å²) in [6.07, 6.45) is 0. The lowest BCUT2D eigenvalue weighted by Crippen LogP contribution is -2.19. The molecule has 0 aliphatic carbocycles. The SMILES string of the molecule is Cc1cc2nc(SCc3ccc(F)c(F)c3)n(C)c(=O)c2[nH]1. The lowest BCUT2D eigenvalue weighted by Gasteiger charge is -2.07. The van der Waals surface area contributed by atoms with Gasteiger partial charge in [-0.1, -0.05) is 17.8 Å². The molecule has 3 aromatic rings. The van der Waals surface area contributed by atoms with Gasteiger partial charge in [0.2, 0.25) is 0 Å². The maximum atomic E-state index is 13.2. The Morgan fingerprint density at radius 1 is 1.27 bits per heavy atom. The Bertz CT molecular complexity index is 917. The smallest absolute Gasteiger partial charge is 0.278 e. The van der Waals surface area contributed by atoms with Gasteiger partial charge in [-0.25, -0.2) is 13.8 Å². The number of halogens is 2. The van der Waals surface area contributed by atoms with E-state index in [4.69, 9.17) is 0 Å². The Balaban J connectivity index is 1.91. The van der Waals surface area contributed by atoms with E-state index in [2.05, 4.69) is 9.97 Å². The predicted octanol–water partition coefficient (Wildman–Crippen LogP) is 3.14. The van der Waals surface area contributed by atoms with Crippen molar-refractivity contribution in [2.45, 2.75) is 17.8 Å². The van der Waals surface area contributed by atoms with Gasteiger partial charge in [-0.05, 0) is 30.7 Å². The van der Waals surface area contributed by atoms with E-state index in [9.17, 15) is 13.6 Å². The molecule has 0 saturated heterocycles. The second kappa shape index (κ2) is 5.57. The first-order chi connectivity index (χ1) is 10.5. The number of aromatic nitrogens is 3. The highest BCUT2D eigenvalue weighted by Crippen LogP contribution is 2.22. The van der Waals surface area contributed by atoms with Gasteiger partial charge in [-0.2, -0.15) is 0 Å². The molecule has 0 aliphatic rings. The third-order valence-electron chi connectivity index (χ3n) is 3.31. The van der Waals surface area contributed by atoms with E-state index < -0.39 is 11.6 Å². The van der Waals surface area contributed by atoms with Gasteiger partial charge in [0.15, 0.2) is 16.8 Å². The first kappa shape index (κ1) is 14.8. The monoisotopic (exact) mass is 321 g/mol. The van der Waals surface area contributed by atoms with Crippen molar-refractivity contribution in [3.05, 3.63) is 57.5 Å². The number of nitrogens with zero attached hydrogens (tertiary/aromatic N) is 2. The summed E-state index contributed by atoms with van der Waals surface area (Å²) in [5, 5.41) is 0.529. The van der Waals surface area contributed by atoms with Crippen LogP contribution in [-0.4, -0.2) is 14.5 Å². The highest BCUT2D eigenvalue weighted by Gasteiger charge is 2.11. The number of hydrogen-bond acceptors (Lipinski definition) is 3. The van der Waals surface area contributed by atoms with Gasteiger partial charge in [0, 0.05) is 18.5 Å². The average Bonchev–Trinajstić information content (AvgIpc) is 2.85. The molecule has 0 radical (unpaired) electrons. The van der Waals surface area contributed by atoms with Crippen molar-refractivity contribution in [1.82, 2.24) is 14.5 Å². The van der Waals surface area contributed by atoms with Gasteiger partial charge in [-0.3, -0.25) is 9.36 Å². The third kappa shape index (κ3) is 2.64. The number of thioether (sulfide) groups is 1. The molecular formula is C15H13F2N3OS. The van der Waals surface area contributed by atoms with Crippen molar-refractivity contribution >= 4 is 22.8 Å². The van der Waals surface area contributed by atoms with Crippen LogP contribution in [0.1, 0.15) is 11.3 Å². The van der Waals surface area contributed by atoms with Gasteiger partial charge in [-0.15, -0.1) is 0 Å². The van der Waals surface area contributed by atoms with E-state index in [1.54, 1.807) is 13.1 Å². The Morgan fingerprint density at radius 2 is 2.05 bits per heavy atom. The number of rotatable bonds is 3. The Hall–Kier alpha value is -2.15. The highest BCUT2D eigenvalue weighted by atomic mass is 32.2. The molecule has 22 heavy (non-hydrogen) atoms. The topological polar surface area (TPSA) is 50.7 Å². The normalized spacial score (nSPS) is 11.3. The van der Waals surface area contributed by atoms with Gasteiger partial charge < -0.3 is 4.98 Å². The molecule has 0 amide bonds. The van der Waals surface area contributed by atoms with E-state index in [0.717, 1.165) is 17.8 Å². The Morgan fingerprint density at radius 3 is 2.77 bits per heavy atom. The number of nitrogens with one attached hydrogen (secondary N) is 1. The molecule has 4 nitrogen and oxygen atoms in total.